The van der Waals surface area contributed by atoms with Crippen molar-refractivity contribution in [3.63, 3.8) is 0 Å². The van der Waals surface area contributed by atoms with E-state index in [9.17, 15) is 9.90 Å². The molecule has 196 valence electrons. The van der Waals surface area contributed by atoms with Crippen LogP contribution < -0.4 is 4.74 Å². The van der Waals surface area contributed by atoms with Gasteiger partial charge in [0.25, 0.3) is 0 Å². The molecule has 0 radical (unpaired) electrons. The first-order chi connectivity index (χ1) is 17.3. The normalized spacial score (nSPS) is 20.4. The zero-order chi connectivity index (χ0) is 26.0. The van der Waals surface area contributed by atoms with E-state index >= 15 is 0 Å². The number of carbonyl (C=O) groups excluding carboxylic acids is 1. The number of methoxy groups -OCH3 is 1. The largest absolute Gasteiger partial charge is 0.489 e. The standard InChI is InChI=1S/C32H44O4/c1-5-6-7-11-20-32(2,3)26-16-18-28(30(21-26)36-23-24-12-9-8-10-13-24)29-22-27(33)17-14-25(29)15-19-31(34)35-4/h8-10,12-13,15-16,18-19,21,25,27,29,33H,5-7,11,14,17,20,22-23H2,1-4H3. The van der Waals surface area contributed by atoms with Crippen LogP contribution in [0.1, 0.15) is 94.7 Å². The minimum absolute atomic E-state index is 0.0490. The molecule has 3 unspecified atom stereocenters. The predicted octanol–water partition coefficient (Wildman–Crippen LogP) is 7.49. The van der Waals surface area contributed by atoms with Gasteiger partial charge in [0.2, 0.25) is 0 Å². The van der Waals surface area contributed by atoms with Crippen LogP contribution in [0.2, 0.25) is 0 Å². The van der Waals surface area contributed by atoms with Crippen molar-refractivity contribution in [2.75, 3.05) is 7.11 Å². The molecule has 0 bridgehead atoms. The first-order valence-electron chi connectivity index (χ1n) is 13.6. The quantitative estimate of drug-likeness (QED) is 0.189. The van der Waals surface area contributed by atoms with Crippen molar-refractivity contribution >= 4 is 5.97 Å². The summed E-state index contributed by atoms with van der Waals surface area (Å²) in [7, 11) is 1.40. The fourth-order valence-corrected chi connectivity index (χ4v) is 5.29. The molecule has 0 saturated heterocycles. The highest BCUT2D eigenvalue weighted by Gasteiger charge is 2.32. The molecule has 1 aliphatic rings. The molecule has 0 aromatic heterocycles. The first kappa shape index (κ1) is 28.0. The smallest absolute Gasteiger partial charge is 0.330 e. The van der Waals surface area contributed by atoms with Gasteiger partial charge < -0.3 is 14.6 Å². The van der Waals surface area contributed by atoms with E-state index in [-0.39, 0.29) is 29.3 Å². The van der Waals surface area contributed by atoms with Crippen LogP contribution in [0.25, 0.3) is 0 Å². The highest BCUT2D eigenvalue weighted by molar-refractivity contribution is 5.81. The van der Waals surface area contributed by atoms with E-state index in [0.717, 1.165) is 36.1 Å². The monoisotopic (exact) mass is 492 g/mol. The minimum Gasteiger partial charge on any atom is -0.489 e. The van der Waals surface area contributed by atoms with E-state index in [4.69, 9.17) is 9.47 Å². The van der Waals surface area contributed by atoms with Gasteiger partial charge in [0.05, 0.1) is 13.2 Å². The average molecular weight is 493 g/mol. The molecule has 0 amide bonds. The molecule has 0 spiro atoms. The zero-order valence-corrected chi connectivity index (χ0v) is 22.5. The van der Waals surface area contributed by atoms with Gasteiger partial charge in [-0.3, -0.25) is 0 Å². The minimum atomic E-state index is -0.352. The van der Waals surface area contributed by atoms with Crippen LogP contribution in [0.5, 0.6) is 5.75 Å². The molecule has 0 heterocycles. The van der Waals surface area contributed by atoms with Gasteiger partial charge >= 0.3 is 5.97 Å². The summed E-state index contributed by atoms with van der Waals surface area (Å²) >= 11 is 0. The first-order valence-corrected chi connectivity index (χ1v) is 13.6. The third-order valence-corrected chi connectivity index (χ3v) is 7.64. The highest BCUT2D eigenvalue weighted by Crippen LogP contribution is 2.44. The van der Waals surface area contributed by atoms with Gasteiger partial charge in [-0.05, 0) is 65.7 Å². The van der Waals surface area contributed by atoms with E-state index in [1.807, 2.05) is 24.3 Å². The second-order valence-corrected chi connectivity index (χ2v) is 10.8. The van der Waals surface area contributed by atoms with Crippen molar-refractivity contribution in [2.45, 2.75) is 96.2 Å². The molecule has 1 saturated carbocycles. The Kier molecular flexibility index (Phi) is 10.6. The van der Waals surface area contributed by atoms with E-state index < -0.39 is 0 Å². The van der Waals surface area contributed by atoms with Gasteiger partial charge in [-0.1, -0.05) is 95.0 Å². The van der Waals surface area contributed by atoms with E-state index in [0.29, 0.717) is 13.0 Å². The Morgan fingerprint density at radius 2 is 1.86 bits per heavy atom. The summed E-state index contributed by atoms with van der Waals surface area (Å²) in [5.74, 6) is 0.746. The molecule has 1 aliphatic carbocycles. The summed E-state index contributed by atoms with van der Waals surface area (Å²) < 4.78 is 11.3. The Morgan fingerprint density at radius 3 is 2.58 bits per heavy atom. The number of rotatable bonds is 12. The maximum atomic E-state index is 11.8. The van der Waals surface area contributed by atoms with Gasteiger partial charge in [-0.15, -0.1) is 0 Å². The molecule has 3 rings (SSSR count). The number of unbranched alkanes of at least 4 members (excludes halogenated alkanes) is 3. The SMILES string of the molecule is CCCCCCC(C)(C)c1ccc(C2CC(O)CCC2C=CC(=O)OC)c(OCc2ccccc2)c1. The van der Waals surface area contributed by atoms with Crippen molar-refractivity contribution in [2.24, 2.45) is 5.92 Å². The number of esters is 1. The predicted molar refractivity (Wildman–Crippen MR) is 146 cm³/mol. The number of hydrogen-bond acceptors (Lipinski definition) is 4. The molecule has 2 aromatic carbocycles. The fraction of sp³-hybridized carbons (Fsp3) is 0.531. The average Bonchev–Trinajstić information content (AvgIpc) is 2.89. The lowest BCUT2D eigenvalue weighted by Crippen LogP contribution is -2.26. The molecular formula is C32H44O4. The van der Waals surface area contributed by atoms with Crippen LogP contribution in [-0.4, -0.2) is 24.3 Å². The van der Waals surface area contributed by atoms with Crippen molar-refractivity contribution in [1.29, 1.82) is 0 Å². The maximum Gasteiger partial charge on any atom is 0.330 e. The Hall–Kier alpha value is -2.59. The van der Waals surface area contributed by atoms with Gasteiger partial charge in [0.1, 0.15) is 12.4 Å². The van der Waals surface area contributed by atoms with Crippen LogP contribution in [-0.2, 0) is 21.6 Å². The lowest BCUT2D eigenvalue weighted by atomic mass is 9.72. The Bertz CT molecular complexity index is 979. The highest BCUT2D eigenvalue weighted by atomic mass is 16.5. The van der Waals surface area contributed by atoms with Gasteiger partial charge in [-0.25, -0.2) is 4.79 Å². The number of ether oxygens (including phenoxy) is 2. The van der Waals surface area contributed by atoms with Crippen LogP contribution in [0.4, 0.5) is 0 Å². The Balaban J connectivity index is 1.92. The summed E-state index contributed by atoms with van der Waals surface area (Å²) in [5.41, 5.74) is 3.56. The Labute approximate surface area is 217 Å². The van der Waals surface area contributed by atoms with Crippen LogP contribution in [0.15, 0.2) is 60.7 Å². The Morgan fingerprint density at radius 1 is 1.08 bits per heavy atom. The lowest BCUT2D eigenvalue weighted by Gasteiger charge is -2.34. The maximum absolute atomic E-state index is 11.8. The molecule has 1 N–H and O–H groups in total. The topological polar surface area (TPSA) is 55.8 Å². The number of carbonyl (C=O) groups is 1. The van der Waals surface area contributed by atoms with E-state index in [1.54, 1.807) is 0 Å². The molecule has 3 atom stereocenters. The molecule has 4 nitrogen and oxygen atoms in total. The van der Waals surface area contributed by atoms with Crippen LogP contribution in [0.3, 0.4) is 0 Å². The third kappa shape index (κ3) is 7.96. The summed E-state index contributed by atoms with van der Waals surface area (Å²) in [6, 6.07) is 16.9. The third-order valence-electron chi connectivity index (χ3n) is 7.64. The second kappa shape index (κ2) is 13.6. The van der Waals surface area contributed by atoms with Crippen LogP contribution in [0, 0.1) is 5.92 Å². The molecule has 0 aliphatic heterocycles. The number of benzene rings is 2. The molecule has 36 heavy (non-hydrogen) atoms. The van der Waals surface area contributed by atoms with E-state index in [1.165, 1.54) is 44.4 Å². The van der Waals surface area contributed by atoms with Crippen LogP contribution >= 0.6 is 0 Å². The molecule has 2 aromatic rings. The van der Waals surface area contributed by atoms with E-state index in [2.05, 4.69) is 51.1 Å². The molecule has 4 heteroatoms. The molecule has 1 fully saturated rings. The van der Waals surface area contributed by atoms with Gasteiger partial charge in [-0.2, -0.15) is 0 Å². The number of allylic oxidation sites excluding steroid dienone is 1. The number of aliphatic hydroxyl groups is 1. The van der Waals surface area contributed by atoms with Crippen molar-refractivity contribution < 1.29 is 19.4 Å². The lowest BCUT2D eigenvalue weighted by molar-refractivity contribution is -0.134. The molecular weight excluding hydrogens is 448 g/mol. The van der Waals surface area contributed by atoms with Gasteiger partial charge in [0.15, 0.2) is 0 Å². The van der Waals surface area contributed by atoms with Crippen molar-refractivity contribution in [3.8, 4) is 5.75 Å². The van der Waals surface area contributed by atoms with Gasteiger partial charge in [0, 0.05) is 6.08 Å². The summed E-state index contributed by atoms with van der Waals surface area (Å²) in [4.78, 5) is 11.8. The van der Waals surface area contributed by atoms with Crippen molar-refractivity contribution in [3.05, 3.63) is 77.4 Å². The second-order valence-electron chi connectivity index (χ2n) is 10.8. The summed E-state index contributed by atoms with van der Waals surface area (Å²) in [6.45, 7) is 7.38. The fourth-order valence-electron chi connectivity index (χ4n) is 5.29. The summed E-state index contributed by atoms with van der Waals surface area (Å²) in [6.07, 6.45) is 11.5. The summed E-state index contributed by atoms with van der Waals surface area (Å²) in [5, 5.41) is 10.5. The number of aliphatic hydroxyl groups excluding tert-OH is 1. The van der Waals surface area contributed by atoms with Crippen molar-refractivity contribution in [1.82, 2.24) is 0 Å². The zero-order valence-electron chi connectivity index (χ0n) is 22.5. The number of hydrogen-bond donors (Lipinski definition) is 1.